The molecule has 136 valence electrons. The van der Waals surface area contributed by atoms with E-state index in [1.807, 2.05) is 62.4 Å². The summed E-state index contributed by atoms with van der Waals surface area (Å²) < 4.78 is 0. The minimum atomic E-state index is -0.194. The molecule has 4 heteroatoms. The maximum atomic E-state index is 12.5. The molecule has 0 radical (unpaired) electrons. The lowest BCUT2D eigenvalue weighted by Crippen LogP contribution is -2.23. The Hall–Kier alpha value is -3.40. The number of carbonyl (C=O) groups excluding carboxylic acids is 2. The average molecular weight is 358 g/mol. The normalized spacial score (nSPS) is 10.3. The van der Waals surface area contributed by atoms with Gasteiger partial charge in [0.05, 0.1) is 0 Å². The number of hydrogen-bond acceptors (Lipinski definition) is 2. The first kappa shape index (κ1) is 18.4. The van der Waals surface area contributed by atoms with Crippen LogP contribution in [-0.4, -0.2) is 11.8 Å². The van der Waals surface area contributed by atoms with E-state index in [4.69, 9.17) is 0 Å². The molecule has 0 saturated carbocycles. The van der Waals surface area contributed by atoms with Crippen molar-refractivity contribution in [1.29, 1.82) is 0 Å². The van der Waals surface area contributed by atoms with E-state index in [9.17, 15) is 9.59 Å². The van der Waals surface area contributed by atoms with Crippen LogP contribution < -0.4 is 10.6 Å². The molecule has 0 aliphatic carbocycles. The fourth-order valence-electron chi connectivity index (χ4n) is 2.72. The molecule has 0 bridgehead atoms. The minimum Gasteiger partial charge on any atom is -0.348 e. The summed E-state index contributed by atoms with van der Waals surface area (Å²) in [6, 6.07) is 22.3. The van der Waals surface area contributed by atoms with E-state index in [-0.39, 0.29) is 11.8 Å². The monoisotopic (exact) mass is 358 g/mol. The summed E-state index contributed by atoms with van der Waals surface area (Å²) in [5.74, 6) is -0.361. The molecule has 0 saturated heterocycles. The molecule has 3 rings (SSSR count). The molecule has 0 unspecified atom stereocenters. The number of aryl methyl sites for hydroxylation is 2. The number of anilines is 1. The van der Waals surface area contributed by atoms with E-state index >= 15 is 0 Å². The van der Waals surface area contributed by atoms with Crippen molar-refractivity contribution in [3.05, 3.63) is 101 Å². The van der Waals surface area contributed by atoms with Gasteiger partial charge in [0.1, 0.15) is 0 Å². The second-order valence-electron chi connectivity index (χ2n) is 6.52. The highest BCUT2D eigenvalue weighted by Gasteiger charge is 2.10. The fraction of sp³-hybridized carbons (Fsp3) is 0.130. The number of rotatable bonds is 5. The van der Waals surface area contributed by atoms with Crippen molar-refractivity contribution >= 4 is 17.5 Å². The van der Waals surface area contributed by atoms with Gasteiger partial charge >= 0.3 is 0 Å². The molecule has 2 amide bonds. The van der Waals surface area contributed by atoms with Crippen molar-refractivity contribution in [2.75, 3.05) is 5.32 Å². The maximum absolute atomic E-state index is 12.5. The summed E-state index contributed by atoms with van der Waals surface area (Å²) in [6.45, 7) is 4.40. The van der Waals surface area contributed by atoms with Gasteiger partial charge < -0.3 is 10.6 Å². The third-order valence-electron chi connectivity index (χ3n) is 4.35. The Morgan fingerprint density at radius 1 is 0.778 bits per heavy atom. The molecule has 0 atom stereocenters. The van der Waals surface area contributed by atoms with Crippen molar-refractivity contribution < 1.29 is 9.59 Å². The highest BCUT2D eigenvalue weighted by atomic mass is 16.2. The van der Waals surface area contributed by atoms with Crippen molar-refractivity contribution in [2.45, 2.75) is 20.4 Å². The number of amides is 2. The summed E-state index contributed by atoms with van der Waals surface area (Å²) in [5.41, 5.74) is 4.96. The molecule has 4 nitrogen and oxygen atoms in total. The van der Waals surface area contributed by atoms with Gasteiger partial charge in [0.25, 0.3) is 11.8 Å². The Balaban J connectivity index is 1.63. The summed E-state index contributed by atoms with van der Waals surface area (Å²) in [4.78, 5) is 24.7. The van der Waals surface area contributed by atoms with Crippen molar-refractivity contribution in [3.63, 3.8) is 0 Å². The van der Waals surface area contributed by atoms with Crippen LogP contribution in [0.1, 0.15) is 37.4 Å². The quantitative estimate of drug-likeness (QED) is 0.706. The van der Waals surface area contributed by atoms with E-state index in [1.54, 1.807) is 24.3 Å². The van der Waals surface area contributed by atoms with Crippen molar-refractivity contribution in [1.82, 2.24) is 5.32 Å². The summed E-state index contributed by atoms with van der Waals surface area (Å²) in [5, 5.41) is 5.80. The number of carbonyl (C=O) groups is 2. The lowest BCUT2D eigenvalue weighted by Gasteiger charge is -2.10. The highest BCUT2D eigenvalue weighted by molar-refractivity contribution is 6.05. The first-order chi connectivity index (χ1) is 13.0. The Kier molecular flexibility index (Phi) is 5.67. The van der Waals surface area contributed by atoms with Gasteiger partial charge in [-0.2, -0.15) is 0 Å². The minimum absolute atomic E-state index is 0.166. The van der Waals surface area contributed by atoms with Crippen LogP contribution in [0.4, 0.5) is 5.69 Å². The van der Waals surface area contributed by atoms with Crippen LogP contribution in [0.2, 0.25) is 0 Å². The number of hydrogen-bond donors (Lipinski definition) is 2. The molecule has 0 fully saturated rings. The molecule has 0 heterocycles. The lowest BCUT2D eigenvalue weighted by molar-refractivity contribution is 0.0949. The van der Waals surface area contributed by atoms with Crippen LogP contribution in [0, 0.1) is 13.8 Å². The van der Waals surface area contributed by atoms with Gasteiger partial charge in [0, 0.05) is 23.4 Å². The van der Waals surface area contributed by atoms with Gasteiger partial charge in [-0.3, -0.25) is 9.59 Å². The van der Waals surface area contributed by atoms with E-state index < -0.39 is 0 Å². The van der Waals surface area contributed by atoms with Gasteiger partial charge in [-0.05, 0) is 60.9 Å². The molecular formula is C23H22N2O2. The van der Waals surface area contributed by atoms with Gasteiger partial charge in [-0.1, -0.05) is 42.5 Å². The Morgan fingerprint density at radius 3 is 2.07 bits per heavy atom. The van der Waals surface area contributed by atoms with Crippen LogP contribution in [0.3, 0.4) is 0 Å². The van der Waals surface area contributed by atoms with Crippen LogP contribution in [-0.2, 0) is 6.54 Å². The van der Waals surface area contributed by atoms with E-state index in [0.717, 1.165) is 22.4 Å². The molecule has 0 aliphatic rings. The van der Waals surface area contributed by atoms with Crippen LogP contribution in [0.25, 0.3) is 0 Å². The van der Waals surface area contributed by atoms with Crippen LogP contribution >= 0.6 is 0 Å². The zero-order valence-corrected chi connectivity index (χ0v) is 15.5. The lowest BCUT2D eigenvalue weighted by atomic mass is 10.1. The molecule has 3 aromatic rings. The van der Waals surface area contributed by atoms with Gasteiger partial charge in [0.2, 0.25) is 0 Å². The number of benzene rings is 3. The fourth-order valence-corrected chi connectivity index (χ4v) is 2.72. The first-order valence-electron chi connectivity index (χ1n) is 8.84. The van der Waals surface area contributed by atoms with E-state index in [1.165, 1.54) is 0 Å². The Labute approximate surface area is 159 Å². The predicted octanol–water partition coefficient (Wildman–Crippen LogP) is 4.49. The molecule has 2 N–H and O–H groups in total. The summed E-state index contributed by atoms with van der Waals surface area (Å²) in [7, 11) is 0. The van der Waals surface area contributed by atoms with Crippen molar-refractivity contribution in [2.24, 2.45) is 0 Å². The second kappa shape index (κ2) is 8.32. The number of nitrogens with one attached hydrogen (secondary N) is 2. The second-order valence-corrected chi connectivity index (χ2v) is 6.52. The first-order valence-corrected chi connectivity index (χ1v) is 8.84. The third kappa shape index (κ3) is 4.82. The standard InChI is InChI=1S/C23H22N2O2/c1-16-8-9-17(2)21(14-16)25-23(27)20-12-10-19(11-13-20)22(26)24-15-18-6-4-3-5-7-18/h3-14H,15H2,1-2H3,(H,24,26)(H,25,27). The molecule has 0 spiro atoms. The smallest absolute Gasteiger partial charge is 0.255 e. The van der Waals surface area contributed by atoms with E-state index in [0.29, 0.717) is 17.7 Å². The predicted molar refractivity (Wildman–Crippen MR) is 108 cm³/mol. The molecule has 3 aromatic carbocycles. The average Bonchev–Trinajstić information content (AvgIpc) is 2.70. The maximum Gasteiger partial charge on any atom is 0.255 e. The Bertz CT molecular complexity index is 948. The zero-order chi connectivity index (χ0) is 19.2. The third-order valence-corrected chi connectivity index (χ3v) is 4.35. The zero-order valence-electron chi connectivity index (χ0n) is 15.5. The molecule has 0 aliphatic heterocycles. The molecule has 27 heavy (non-hydrogen) atoms. The van der Waals surface area contributed by atoms with Gasteiger partial charge in [-0.25, -0.2) is 0 Å². The summed E-state index contributed by atoms with van der Waals surface area (Å²) >= 11 is 0. The van der Waals surface area contributed by atoms with Crippen molar-refractivity contribution in [3.8, 4) is 0 Å². The largest absolute Gasteiger partial charge is 0.348 e. The Morgan fingerprint density at radius 2 is 1.41 bits per heavy atom. The highest BCUT2D eigenvalue weighted by Crippen LogP contribution is 2.17. The van der Waals surface area contributed by atoms with Gasteiger partial charge in [-0.15, -0.1) is 0 Å². The van der Waals surface area contributed by atoms with Crippen LogP contribution in [0.5, 0.6) is 0 Å². The van der Waals surface area contributed by atoms with Crippen LogP contribution in [0.15, 0.2) is 72.8 Å². The SMILES string of the molecule is Cc1ccc(C)c(NC(=O)c2ccc(C(=O)NCc3ccccc3)cc2)c1. The molecule has 0 aromatic heterocycles. The molecular weight excluding hydrogens is 336 g/mol. The topological polar surface area (TPSA) is 58.2 Å². The van der Waals surface area contributed by atoms with Gasteiger partial charge in [0.15, 0.2) is 0 Å². The van der Waals surface area contributed by atoms with E-state index in [2.05, 4.69) is 10.6 Å². The summed E-state index contributed by atoms with van der Waals surface area (Å²) in [6.07, 6.45) is 0.